The number of phosphoric acid groups is 1. The van der Waals surface area contributed by atoms with Crippen LogP contribution in [-0.2, 0) is 32.7 Å². The summed E-state index contributed by atoms with van der Waals surface area (Å²) < 4.78 is 32.7. The van der Waals surface area contributed by atoms with Gasteiger partial charge in [0.25, 0.3) is 0 Å². The van der Waals surface area contributed by atoms with Crippen LogP contribution in [0.25, 0.3) is 0 Å². The molecule has 0 fully saturated rings. The topological polar surface area (TPSA) is 134 Å². The van der Waals surface area contributed by atoms with Crippen LogP contribution in [0.1, 0.15) is 187 Å². The Bertz CT molecular complexity index is 954. The Morgan fingerprint density at radius 3 is 1.52 bits per heavy atom. The lowest BCUT2D eigenvalue weighted by Crippen LogP contribution is -2.29. The minimum absolute atomic E-state index is 0.0506. The summed E-state index contributed by atoms with van der Waals surface area (Å²) in [7, 11) is -4.38. The smallest absolute Gasteiger partial charge is 0.462 e. The third-order valence-electron chi connectivity index (χ3n) is 8.78. The zero-order valence-electron chi connectivity index (χ0n) is 33.3. The third-order valence-corrected chi connectivity index (χ3v) is 9.76. The number of carbonyl (C=O) groups is 2. The van der Waals surface area contributed by atoms with E-state index in [1.54, 1.807) is 0 Å². The van der Waals surface area contributed by atoms with Gasteiger partial charge in [-0.15, -0.1) is 0 Å². The summed E-state index contributed by atoms with van der Waals surface area (Å²) >= 11 is 0. The normalized spacial score (nSPS) is 13.7. The molecule has 2 atom stereocenters. The fourth-order valence-corrected chi connectivity index (χ4v) is 6.41. The maximum Gasteiger partial charge on any atom is 0.472 e. The molecular formula is C42H78NO8P. The molecule has 0 radical (unpaired) electrons. The molecule has 0 aromatic carbocycles. The lowest BCUT2D eigenvalue weighted by molar-refractivity contribution is -0.161. The van der Waals surface area contributed by atoms with Crippen molar-refractivity contribution in [3.05, 3.63) is 36.5 Å². The van der Waals surface area contributed by atoms with E-state index in [0.29, 0.717) is 12.8 Å². The summed E-state index contributed by atoms with van der Waals surface area (Å²) in [4.78, 5) is 34.8. The van der Waals surface area contributed by atoms with Crippen LogP contribution in [0.5, 0.6) is 0 Å². The summed E-state index contributed by atoms with van der Waals surface area (Å²) in [5.74, 6) is -0.850. The van der Waals surface area contributed by atoms with Gasteiger partial charge in [-0.1, -0.05) is 159 Å². The van der Waals surface area contributed by atoms with Crippen LogP contribution in [0.2, 0.25) is 0 Å². The molecule has 0 amide bonds. The van der Waals surface area contributed by atoms with Gasteiger partial charge in [0.05, 0.1) is 13.2 Å². The largest absolute Gasteiger partial charge is 0.472 e. The van der Waals surface area contributed by atoms with Crippen molar-refractivity contribution in [2.45, 2.75) is 193 Å². The highest BCUT2D eigenvalue weighted by Crippen LogP contribution is 2.43. The van der Waals surface area contributed by atoms with E-state index < -0.39 is 32.5 Å². The molecule has 0 saturated carbocycles. The molecule has 0 aliphatic carbocycles. The summed E-state index contributed by atoms with van der Waals surface area (Å²) in [5, 5.41) is 0. The monoisotopic (exact) mass is 756 g/mol. The van der Waals surface area contributed by atoms with Crippen molar-refractivity contribution in [2.24, 2.45) is 5.73 Å². The van der Waals surface area contributed by atoms with Gasteiger partial charge < -0.3 is 20.1 Å². The molecule has 10 heteroatoms. The first kappa shape index (κ1) is 50.2. The van der Waals surface area contributed by atoms with Crippen LogP contribution in [-0.4, -0.2) is 49.3 Å². The number of hydrogen-bond acceptors (Lipinski definition) is 8. The molecule has 0 saturated heterocycles. The van der Waals surface area contributed by atoms with Crippen molar-refractivity contribution in [2.75, 3.05) is 26.4 Å². The van der Waals surface area contributed by atoms with E-state index >= 15 is 0 Å². The zero-order valence-corrected chi connectivity index (χ0v) is 34.2. The number of nitrogens with two attached hydrogens (primary N) is 1. The van der Waals surface area contributed by atoms with Gasteiger partial charge in [-0.05, 0) is 51.4 Å². The number of rotatable bonds is 39. The first-order valence-electron chi connectivity index (χ1n) is 21.0. The predicted molar refractivity (Wildman–Crippen MR) is 215 cm³/mol. The molecular weight excluding hydrogens is 677 g/mol. The molecule has 0 aliphatic rings. The molecule has 0 spiro atoms. The molecule has 0 aromatic rings. The highest BCUT2D eigenvalue weighted by Gasteiger charge is 2.26. The van der Waals surface area contributed by atoms with Crippen molar-refractivity contribution < 1.29 is 37.6 Å². The first-order chi connectivity index (χ1) is 25.3. The number of ether oxygens (including phenoxy) is 2. The molecule has 1 unspecified atom stereocenters. The third kappa shape index (κ3) is 38.0. The Kier molecular flexibility index (Phi) is 37.6. The Morgan fingerprint density at radius 1 is 0.577 bits per heavy atom. The SMILES string of the molecule is CCCCC/C=C/C/C=C/C/C=C/CCCCCCC(=O)OC[C@H](COP(=O)(O)OCCN)OC(=O)CCCCCCCCCCCCCCCC. The Labute approximate surface area is 318 Å². The minimum Gasteiger partial charge on any atom is -0.462 e. The second-order valence-corrected chi connectivity index (χ2v) is 15.3. The second-order valence-electron chi connectivity index (χ2n) is 13.9. The van der Waals surface area contributed by atoms with E-state index in [1.165, 1.54) is 96.3 Å². The molecule has 0 aromatic heterocycles. The molecule has 9 nitrogen and oxygen atoms in total. The maximum atomic E-state index is 12.6. The van der Waals surface area contributed by atoms with E-state index in [9.17, 15) is 19.0 Å². The van der Waals surface area contributed by atoms with Crippen LogP contribution in [0.15, 0.2) is 36.5 Å². The van der Waals surface area contributed by atoms with Gasteiger partial charge in [-0.3, -0.25) is 18.6 Å². The molecule has 3 N–H and O–H groups in total. The average Bonchev–Trinajstić information content (AvgIpc) is 3.13. The highest BCUT2D eigenvalue weighted by atomic mass is 31.2. The van der Waals surface area contributed by atoms with Crippen LogP contribution in [0.4, 0.5) is 0 Å². The maximum absolute atomic E-state index is 12.6. The number of allylic oxidation sites excluding steroid dienone is 6. The van der Waals surface area contributed by atoms with Gasteiger partial charge in [0.1, 0.15) is 6.61 Å². The molecule has 304 valence electrons. The van der Waals surface area contributed by atoms with Crippen molar-refractivity contribution in [1.82, 2.24) is 0 Å². The van der Waals surface area contributed by atoms with E-state index in [4.69, 9.17) is 24.3 Å². The van der Waals surface area contributed by atoms with Crippen molar-refractivity contribution in [3.63, 3.8) is 0 Å². The van der Waals surface area contributed by atoms with Gasteiger partial charge in [0.2, 0.25) is 0 Å². The summed E-state index contributed by atoms with van der Waals surface area (Å²) in [6.45, 7) is 3.68. The minimum atomic E-state index is -4.38. The number of esters is 2. The van der Waals surface area contributed by atoms with E-state index in [1.807, 2.05) is 0 Å². The fourth-order valence-electron chi connectivity index (χ4n) is 5.64. The van der Waals surface area contributed by atoms with Gasteiger partial charge in [0, 0.05) is 19.4 Å². The first-order valence-corrected chi connectivity index (χ1v) is 22.5. The Morgan fingerprint density at radius 2 is 1.00 bits per heavy atom. The Hall–Kier alpha value is -1.77. The van der Waals surface area contributed by atoms with Crippen LogP contribution in [0.3, 0.4) is 0 Å². The highest BCUT2D eigenvalue weighted by molar-refractivity contribution is 7.47. The lowest BCUT2D eigenvalue weighted by Gasteiger charge is -2.19. The van der Waals surface area contributed by atoms with E-state index in [-0.39, 0.29) is 32.6 Å². The van der Waals surface area contributed by atoms with Crippen LogP contribution < -0.4 is 5.73 Å². The Balaban J connectivity index is 4.21. The van der Waals surface area contributed by atoms with Crippen LogP contribution in [0, 0.1) is 0 Å². The van der Waals surface area contributed by atoms with Gasteiger partial charge in [0.15, 0.2) is 6.10 Å². The summed E-state index contributed by atoms with van der Waals surface area (Å²) in [5.41, 5.74) is 5.34. The molecule has 0 bridgehead atoms. The summed E-state index contributed by atoms with van der Waals surface area (Å²) in [6.07, 6.45) is 41.7. The van der Waals surface area contributed by atoms with Gasteiger partial charge in [-0.25, -0.2) is 4.57 Å². The standard InChI is InChI=1S/C42H78NO8P/c1-3-5-7-9-11-13-15-17-19-20-21-23-24-26-28-30-32-34-41(44)48-38-40(39-50-52(46,47)49-37-36-43)51-42(45)35-33-31-29-27-25-22-18-16-14-12-10-8-6-4-2/h11,13,17,19,21,23,40H,3-10,12,14-16,18,20,22,24-39,43H2,1-2H3,(H,46,47)/b13-11+,19-17+,23-21+/t40-/m1/s1. The van der Waals surface area contributed by atoms with Gasteiger partial charge >= 0.3 is 19.8 Å². The van der Waals surface area contributed by atoms with Crippen molar-refractivity contribution in [3.8, 4) is 0 Å². The van der Waals surface area contributed by atoms with Gasteiger partial charge in [-0.2, -0.15) is 0 Å². The number of phosphoric ester groups is 1. The van der Waals surface area contributed by atoms with Crippen molar-refractivity contribution in [1.29, 1.82) is 0 Å². The number of hydrogen-bond donors (Lipinski definition) is 2. The second kappa shape index (κ2) is 38.9. The number of carbonyl (C=O) groups excluding carboxylic acids is 2. The summed E-state index contributed by atoms with van der Waals surface area (Å²) in [6, 6.07) is 0. The molecule has 0 aliphatic heterocycles. The number of unbranched alkanes of at least 4 members (excludes halogenated alkanes) is 20. The van der Waals surface area contributed by atoms with E-state index in [2.05, 4.69) is 50.3 Å². The lowest BCUT2D eigenvalue weighted by atomic mass is 10.0. The average molecular weight is 756 g/mol. The molecule has 52 heavy (non-hydrogen) atoms. The predicted octanol–water partition coefficient (Wildman–Crippen LogP) is 11.8. The fraction of sp³-hybridized carbons (Fsp3) is 0.810. The molecule has 0 heterocycles. The zero-order chi connectivity index (χ0) is 38.2. The molecule has 0 rings (SSSR count). The quantitative estimate of drug-likeness (QED) is 0.0272. The van der Waals surface area contributed by atoms with Crippen molar-refractivity contribution >= 4 is 19.8 Å². The van der Waals surface area contributed by atoms with E-state index in [0.717, 1.165) is 51.4 Å². The van der Waals surface area contributed by atoms with Crippen LogP contribution >= 0.6 is 7.82 Å².